The van der Waals surface area contributed by atoms with Crippen LogP contribution in [0.5, 0.6) is 5.75 Å². The molecule has 0 aromatic heterocycles. The minimum Gasteiger partial charge on any atom is -0.508 e. The van der Waals surface area contributed by atoms with Crippen LogP contribution in [0.1, 0.15) is 12.5 Å². The molecule has 0 bridgehead atoms. The highest BCUT2D eigenvalue weighted by molar-refractivity contribution is 5.26. The van der Waals surface area contributed by atoms with E-state index in [2.05, 4.69) is 0 Å². The zero-order valence-electron chi connectivity index (χ0n) is 9.80. The Labute approximate surface area is 95.4 Å². The van der Waals surface area contributed by atoms with Gasteiger partial charge in [-0.3, -0.25) is 0 Å². The first-order valence-electron chi connectivity index (χ1n) is 5.05. The highest BCUT2D eigenvalue weighted by atomic mass is 16.7. The fourth-order valence-electron chi connectivity index (χ4n) is 1.71. The molecule has 90 valence electrons. The van der Waals surface area contributed by atoms with Gasteiger partial charge in [0.15, 0.2) is 6.29 Å². The zero-order chi connectivity index (χ0) is 12.2. The Morgan fingerprint density at radius 1 is 1.19 bits per heavy atom. The van der Waals surface area contributed by atoms with Gasteiger partial charge in [0.25, 0.3) is 0 Å². The maximum absolute atomic E-state index is 10.2. The Hall–Kier alpha value is -1.10. The quantitative estimate of drug-likeness (QED) is 0.743. The molecule has 0 amide bonds. The van der Waals surface area contributed by atoms with Crippen LogP contribution in [-0.4, -0.2) is 36.3 Å². The highest BCUT2D eigenvalue weighted by Gasteiger charge is 2.32. The molecular weight excluding hydrogens is 208 g/mol. The number of phenols is 1. The van der Waals surface area contributed by atoms with Gasteiger partial charge >= 0.3 is 0 Å². The first-order valence-corrected chi connectivity index (χ1v) is 5.05. The normalized spacial score (nSPS) is 15.1. The van der Waals surface area contributed by atoms with Crippen LogP contribution < -0.4 is 0 Å². The number of aromatic hydroxyl groups is 1. The summed E-state index contributed by atoms with van der Waals surface area (Å²) in [5, 5.41) is 19.3. The topological polar surface area (TPSA) is 58.9 Å². The van der Waals surface area contributed by atoms with Crippen LogP contribution in [0.15, 0.2) is 24.3 Å². The Morgan fingerprint density at radius 2 is 1.69 bits per heavy atom. The number of ether oxygens (including phenoxy) is 2. The largest absolute Gasteiger partial charge is 0.508 e. The summed E-state index contributed by atoms with van der Waals surface area (Å²) in [6.07, 6.45) is -0.291. The molecule has 0 aliphatic heterocycles. The lowest BCUT2D eigenvalue weighted by Crippen LogP contribution is -2.43. The van der Waals surface area contributed by atoms with Crippen LogP contribution in [0.4, 0.5) is 0 Å². The average molecular weight is 226 g/mol. The van der Waals surface area contributed by atoms with E-state index >= 15 is 0 Å². The molecule has 0 heterocycles. The second-order valence-electron chi connectivity index (χ2n) is 4.00. The van der Waals surface area contributed by atoms with Gasteiger partial charge in [-0.05, 0) is 24.6 Å². The molecule has 16 heavy (non-hydrogen) atoms. The zero-order valence-corrected chi connectivity index (χ0v) is 9.80. The molecule has 0 saturated heterocycles. The van der Waals surface area contributed by atoms with E-state index in [9.17, 15) is 5.11 Å². The van der Waals surface area contributed by atoms with E-state index in [1.807, 2.05) is 0 Å². The summed E-state index contributed by atoms with van der Waals surface area (Å²) >= 11 is 0. The second-order valence-corrected chi connectivity index (χ2v) is 4.00. The summed E-state index contributed by atoms with van der Waals surface area (Å²) < 4.78 is 10.1. The lowest BCUT2D eigenvalue weighted by molar-refractivity contribution is -0.207. The average Bonchev–Trinajstić information content (AvgIpc) is 2.22. The van der Waals surface area contributed by atoms with Crippen molar-refractivity contribution in [3.8, 4) is 5.75 Å². The third kappa shape index (κ3) is 3.20. The molecular formula is C12H18O4. The van der Waals surface area contributed by atoms with Gasteiger partial charge in [-0.25, -0.2) is 0 Å². The van der Waals surface area contributed by atoms with Crippen LogP contribution in [0.25, 0.3) is 0 Å². The monoisotopic (exact) mass is 226 g/mol. The first-order chi connectivity index (χ1) is 7.49. The summed E-state index contributed by atoms with van der Waals surface area (Å²) in [6.45, 7) is 1.65. The van der Waals surface area contributed by atoms with Crippen molar-refractivity contribution in [3.05, 3.63) is 29.8 Å². The third-order valence-electron chi connectivity index (χ3n) is 2.43. The number of hydrogen-bond donors (Lipinski definition) is 2. The van der Waals surface area contributed by atoms with Gasteiger partial charge in [-0.1, -0.05) is 12.1 Å². The molecule has 0 fully saturated rings. The van der Waals surface area contributed by atoms with Gasteiger partial charge in [-0.15, -0.1) is 0 Å². The van der Waals surface area contributed by atoms with Crippen LogP contribution in [-0.2, 0) is 15.9 Å². The molecule has 4 heteroatoms. The Bertz CT molecular complexity index is 314. The molecule has 1 atom stereocenters. The number of rotatable bonds is 5. The lowest BCUT2D eigenvalue weighted by Gasteiger charge is -2.30. The van der Waals surface area contributed by atoms with E-state index in [1.165, 1.54) is 14.2 Å². The lowest BCUT2D eigenvalue weighted by atomic mass is 9.96. The van der Waals surface area contributed by atoms with Crippen molar-refractivity contribution in [2.45, 2.75) is 25.2 Å². The molecule has 0 saturated carbocycles. The maximum atomic E-state index is 10.2. The van der Waals surface area contributed by atoms with Crippen molar-refractivity contribution in [1.82, 2.24) is 0 Å². The van der Waals surface area contributed by atoms with Gasteiger partial charge in [0.2, 0.25) is 0 Å². The summed E-state index contributed by atoms with van der Waals surface area (Å²) in [5.74, 6) is 0.207. The minimum absolute atomic E-state index is 0.207. The SMILES string of the molecule is COC(OC)C(C)(O)Cc1ccc(O)cc1. The molecule has 1 rings (SSSR count). The van der Waals surface area contributed by atoms with Crippen LogP contribution in [0, 0.1) is 0 Å². The molecule has 0 radical (unpaired) electrons. The van der Waals surface area contributed by atoms with E-state index in [-0.39, 0.29) is 5.75 Å². The standard InChI is InChI=1S/C12H18O4/c1-12(14,11(15-2)16-3)8-9-4-6-10(13)7-5-9/h4-7,11,13-14H,8H2,1-3H3. The summed E-state index contributed by atoms with van der Waals surface area (Å²) in [4.78, 5) is 0. The van der Waals surface area contributed by atoms with Crippen molar-refractivity contribution >= 4 is 0 Å². The van der Waals surface area contributed by atoms with Crippen molar-refractivity contribution in [2.75, 3.05) is 14.2 Å². The Kier molecular flexibility index (Phi) is 4.29. The van der Waals surface area contributed by atoms with Crippen molar-refractivity contribution in [3.63, 3.8) is 0 Å². The maximum Gasteiger partial charge on any atom is 0.185 e. The summed E-state index contributed by atoms with van der Waals surface area (Å²) in [6, 6.07) is 6.68. The molecule has 0 spiro atoms. The Balaban J connectivity index is 2.75. The van der Waals surface area contributed by atoms with Gasteiger partial charge in [0.1, 0.15) is 11.4 Å². The fraction of sp³-hybridized carbons (Fsp3) is 0.500. The van der Waals surface area contributed by atoms with Crippen LogP contribution in [0.2, 0.25) is 0 Å². The third-order valence-corrected chi connectivity index (χ3v) is 2.43. The van der Waals surface area contributed by atoms with Crippen LogP contribution in [0.3, 0.4) is 0 Å². The van der Waals surface area contributed by atoms with E-state index in [1.54, 1.807) is 31.2 Å². The van der Waals surface area contributed by atoms with Crippen molar-refractivity contribution in [1.29, 1.82) is 0 Å². The summed E-state index contributed by atoms with van der Waals surface area (Å²) in [5.41, 5.74) is -0.206. The van der Waals surface area contributed by atoms with E-state index < -0.39 is 11.9 Å². The number of phenolic OH excluding ortho intramolecular Hbond substituents is 1. The van der Waals surface area contributed by atoms with Gasteiger partial charge in [-0.2, -0.15) is 0 Å². The number of aliphatic hydroxyl groups is 1. The number of methoxy groups -OCH3 is 2. The molecule has 1 aromatic carbocycles. The Morgan fingerprint density at radius 3 is 2.12 bits per heavy atom. The predicted octanol–water partition coefficient (Wildman–Crippen LogP) is 1.30. The van der Waals surface area contributed by atoms with Crippen molar-refractivity contribution < 1.29 is 19.7 Å². The molecule has 0 aliphatic carbocycles. The highest BCUT2D eigenvalue weighted by Crippen LogP contribution is 2.21. The number of hydrogen-bond acceptors (Lipinski definition) is 4. The predicted molar refractivity (Wildman–Crippen MR) is 60.2 cm³/mol. The molecule has 1 aromatic rings. The molecule has 0 aliphatic rings. The van der Waals surface area contributed by atoms with Gasteiger partial charge < -0.3 is 19.7 Å². The van der Waals surface area contributed by atoms with E-state index in [0.717, 1.165) is 5.56 Å². The molecule has 4 nitrogen and oxygen atoms in total. The fourth-order valence-corrected chi connectivity index (χ4v) is 1.71. The smallest absolute Gasteiger partial charge is 0.185 e. The minimum atomic E-state index is -1.11. The summed E-state index contributed by atoms with van der Waals surface area (Å²) in [7, 11) is 2.97. The van der Waals surface area contributed by atoms with Gasteiger partial charge in [0.05, 0.1) is 0 Å². The van der Waals surface area contributed by atoms with E-state index in [4.69, 9.17) is 14.6 Å². The van der Waals surface area contributed by atoms with Crippen molar-refractivity contribution in [2.24, 2.45) is 0 Å². The van der Waals surface area contributed by atoms with Crippen LogP contribution >= 0.6 is 0 Å². The molecule has 1 unspecified atom stereocenters. The van der Waals surface area contributed by atoms with E-state index in [0.29, 0.717) is 6.42 Å². The molecule has 2 N–H and O–H groups in total. The first kappa shape index (κ1) is 13.0. The van der Waals surface area contributed by atoms with Gasteiger partial charge in [0, 0.05) is 20.6 Å². The second kappa shape index (κ2) is 5.30. The number of benzene rings is 1.